The molecule has 0 radical (unpaired) electrons. The molecule has 3 aromatic rings. The maximum atomic E-state index is 11.5. The fourth-order valence-electron chi connectivity index (χ4n) is 3.68. The van der Waals surface area contributed by atoms with Crippen LogP contribution < -0.4 is 0 Å². The molecule has 2 aromatic heterocycles. The molecule has 2 atom stereocenters. The van der Waals surface area contributed by atoms with Gasteiger partial charge in [-0.05, 0) is 54.6 Å². The van der Waals surface area contributed by atoms with Gasteiger partial charge in [0, 0.05) is 28.5 Å². The first-order valence-electron chi connectivity index (χ1n) is 8.57. The molecule has 0 saturated carbocycles. The molecule has 2 unspecified atom stereocenters. The summed E-state index contributed by atoms with van der Waals surface area (Å²) in [6.07, 6.45) is 5.31. The van der Waals surface area contributed by atoms with Crippen molar-refractivity contribution in [3.63, 3.8) is 0 Å². The number of hydrogen-bond acceptors (Lipinski definition) is 4. The molecule has 0 bridgehead atoms. The Morgan fingerprint density at radius 1 is 1.24 bits per heavy atom. The first kappa shape index (κ1) is 16.2. The van der Waals surface area contributed by atoms with E-state index in [2.05, 4.69) is 40.2 Å². The zero-order valence-corrected chi connectivity index (χ0v) is 14.7. The van der Waals surface area contributed by atoms with Crippen molar-refractivity contribution in [3.8, 4) is 0 Å². The number of pyridine rings is 1. The van der Waals surface area contributed by atoms with Gasteiger partial charge in [-0.2, -0.15) is 0 Å². The second-order valence-electron chi connectivity index (χ2n) is 6.54. The lowest BCUT2D eigenvalue weighted by Gasteiger charge is -2.36. The van der Waals surface area contributed by atoms with Crippen LogP contribution in [0.15, 0.2) is 54.9 Å². The summed E-state index contributed by atoms with van der Waals surface area (Å²) in [4.78, 5) is 19.2. The van der Waals surface area contributed by atoms with Gasteiger partial charge in [-0.25, -0.2) is 0 Å². The van der Waals surface area contributed by atoms with Gasteiger partial charge in [0.05, 0.1) is 12.0 Å². The van der Waals surface area contributed by atoms with Crippen LogP contribution >= 0.6 is 11.3 Å². The Morgan fingerprint density at radius 2 is 2.04 bits per heavy atom. The minimum absolute atomic E-state index is 0.0857. The predicted molar refractivity (Wildman–Crippen MR) is 99.8 cm³/mol. The highest BCUT2D eigenvalue weighted by molar-refractivity contribution is 7.19. The van der Waals surface area contributed by atoms with Crippen LogP contribution in [0.4, 0.5) is 0 Å². The Morgan fingerprint density at radius 3 is 2.80 bits per heavy atom. The number of thiophene rings is 1. The largest absolute Gasteiger partial charge is 0.481 e. The van der Waals surface area contributed by atoms with E-state index in [1.807, 2.05) is 24.5 Å². The molecule has 3 heterocycles. The van der Waals surface area contributed by atoms with Crippen LogP contribution in [0.1, 0.15) is 29.3 Å². The molecule has 128 valence electrons. The Hall–Kier alpha value is -2.24. The average molecular weight is 352 g/mol. The van der Waals surface area contributed by atoms with Gasteiger partial charge in [-0.3, -0.25) is 14.7 Å². The molecule has 1 saturated heterocycles. The molecule has 0 amide bonds. The lowest BCUT2D eigenvalue weighted by molar-refractivity contribution is -0.143. The van der Waals surface area contributed by atoms with Crippen molar-refractivity contribution in [1.82, 2.24) is 9.88 Å². The van der Waals surface area contributed by atoms with Crippen molar-refractivity contribution >= 4 is 27.4 Å². The Kier molecular flexibility index (Phi) is 4.51. The number of hydrogen-bond donors (Lipinski definition) is 1. The molecule has 25 heavy (non-hydrogen) atoms. The molecular formula is C20H20N2O2S. The third-order valence-corrected chi connectivity index (χ3v) is 6.07. The molecule has 1 fully saturated rings. The zero-order valence-electron chi connectivity index (χ0n) is 13.8. The van der Waals surface area contributed by atoms with Gasteiger partial charge < -0.3 is 5.11 Å². The van der Waals surface area contributed by atoms with Crippen molar-refractivity contribution < 1.29 is 9.90 Å². The first-order valence-corrected chi connectivity index (χ1v) is 9.39. The van der Waals surface area contributed by atoms with Gasteiger partial charge in [-0.1, -0.05) is 18.2 Å². The second-order valence-corrected chi connectivity index (χ2v) is 7.66. The quantitative estimate of drug-likeness (QED) is 0.765. The van der Waals surface area contributed by atoms with E-state index in [1.165, 1.54) is 20.5 Å². The number of likely N-dealkylation sites (tertiary alicyclic amines) is 1. The van der Waals surface area contributed by atoms with Crippen LogP contribution in [0.5, 0.6) is 0 Å². The van der Waals surface area contributed by atoms with Crippen molar-refractivity contribution in [3.05, 3.63) is 65.3 Å². The van der Waals surface area contributed by atoms with Gasteiger partial charge in [0.1, 0.15) is 0 Å². The average Bonchev–Trinajstić information content (AvgIpc) is 3.06. The van der Waals surface area contributed by atoms with Gasteiger partial charge in [0.25, 0.3) is 0 Å². The standard InChI is InChI=1S/C20H20N2O2S/c23-20(24)16-5-3-11-22(13-16)19(14-7-9-21-10-8-14)18-12-15-4-1-2-6-17(15)25-18/h1-2,4,6-10,12,16,19H,3,5,11,13H2,(H,23,24). The molecule has 4 rings (SSSR count). The summed E-state index contributed by atoms with van der Waals surface area (Å²) in [7, 11) is 0. The molecule has 1 aliphatic heterocycles. The van der Waals surface area contributed by atoms with Crippen LogP contribution in [-0.4, -0.2) is 34.0 Å². The topological polar surface area (TPSA) is 53.4 Å². The maximum absolute atomic E-state index is 11.5. The molecule has 0 spiro atoms. The molecule has 0 aliphatic carbocycles. The van der Waals surface area contributed by atoms with E-state index in [9.17, 15) is 9.90 Å². The highest BCUT2D eigenvalue weighted by atomic mass is 32.1. The van der Waals surface area contributed by atoms with E-state index in [0.717, 1.165) is 19.4 Å². The van der Waals surface area contributed by atoms with E-state index >= 15 is 0 Å². The van der Waals surface area contributed by atoms with Crippen LogP contribution in [0.2, 0.25) is 0 Å². The molecular weight excluding hydrogens is 332 g/mol. The highest BCUT2D eigenvalue weighted by Crippen LogP contribution is 2.38. The summed E-state index contributed by atoms with van der Waals surface area (Å²) >= 11 is 1.79. The van der Waals surface area contributed by atoms with Gasteiger partial charge in [0.2, 0.25) is 0 Å². The third kappa shape index (κ3) is 3.30. The molecule has 1 aromatic carbocycles. The smallest absolute Gasteiger partial charge is 0.307 e. The number of carbonyl (C=O) groups is 1. The second kappa shape index (κ2) is 6.94. The lowest BCUT2D eigenvalue weighted by Crippen LogP contribution is -2.41. The summed E-state index contributed by atoms with van der Waals surface area (Å²) in [6.45, 7) is 1.52. The number of fused-ring (bicyclic) bond motifs is 1. The summed E-state index contributed by atoms with van der Waals surface area (Å²) in [6, 6.07) is 14.8. The fraction of sp³-hybridized carbons (Fsp3) is 0.300. The Balaban J connectivity index is 1.75. The monoisotopic (exact) mass is 352 g/mol. The number of aromatic nitrogens is 1. The summed E-state index contributed by atoms with van der Waals surface area (Å²) < 4.78 is 1.27. The number of rotatable bonds is 4. The predicted octanol–water partition coefficient (Wildman–Crippen LogP) is 4.18. The maximum Gasteiger partial charge on any atom is 0.307 e. The van der Waals surface area contributed by atoms with Gasteiger partial charge >= 0.3 is 5.97 Å². The lowest BCUT2D eigenvalue weighted by atomic mass is 9.94. The van der Waals surface area contributed by atoms with Crippen molar-refractivity contribution in [2.24, 2.45) is 5.92 Å². The minimum atomic E-state index is -0.686. The molecule has 5 heteroatoms. The third-order valence-electron chi connectivity index (χ3n) is 4.90. The van der Waals surface area contributed by atoms with E-state index < -0.39 is 5.97 Å². The van der Waals surface area contributed by atoms with Gasteiger partial charge in [-0.15, -0.1) is 11.3 Å². The fourth-order valence-corrected chi connectivity index (χ4v) is 4.91. The number of piperidine rings is 1. The summed E-state index contributed by atoms with van der Waals surface area (Å²) in [5.41, 5.74) is 1.17. The Bertz CT molecular complexity index is 845. The normalized spacial score (nSPS) is 19.8. The van der Waals surface area contributed by atoms with Crippen molar-refractivity contribution in [2.45, 2.75) is 18.9 Å². The summed E-state index contributed by atoms with van der Waals surface area (Å²) in [5, 5.41) is 10.7. The van der Waals surface area contributed by atoms with Crippen molar-refractivity contribution in [1.29, 1.82) is 0 Å². The van der Waals surface area contributed by atoms with E-state index in [4.69, 9.17) is 0 Å². The van der Waals surface area contributed by atoms with E-state index in [-0.39, 0.29) is 12.0 Å². The van der Waals surface area contributed by atoms with E-state index in [1.54, 1.807) is 11.3 Å². The molecule has 1 aliphatic rings. The SMILES string of the molecule is O=C(O)C1CCCN(C(c2ccncc2)c2cc3ccccc3s2)C1. The van der Waals surface area contributed by atoms with Gasteiger partial charge in [0.15, 0.2) is 0 Å². The Labute approximate surface area is 150 Å². The number of benzene rings is 1. The van der Waals surface area contributed by atoms with Crippen LogP contribution in [0.3, 0.4) is 0 Å². The first-order chi connectivity index (χ1) is 12.2. The number of carboxylic acid groups (broad SMARTS) is 1. The number of carboxylic acids is 1. The molecule has 4 nitrogen and oxygen atoms in total. The number of aliphatic carboxylic acids is 1. The summed E-state index contributed by atoms with van der Waals surface area (Å²) in [5.74, 6) is -0.970. The number of nitrogens with zero attached hydrogens (tertiary/aromatic N) is 2. The van der Waals surface area contributed by atoms with Crippen LogP contribution in [0, 0.1) is 5.92 Å². The molecule has 1 N–H and O–H groups in total. The minimum Gasteiger partial charge on any atom is -0.481 e. The van der Waals surface area contributed by atoms with Crippen LogP contribution in [0.25, 0.3) is 10.1 Å². The van der Waals surface area contributed by atoms with Crippen molar-refractivity contribution in [2.75, 3.05) is 13.1 Å². The van der Waals surface area contributed by atoms with E-state index in [0.29, 0.717) is 6.54 Å². The van der Waals surface area contributed by atoms with Crippen LogP contribution in [-0.2, 0) is 4.79 Å². The zero-order chi connectivity index (χ0) is 17.2. The highest BCUT2D eigenvalue weighted by Gasteiger charge is 2.32.